The first-order valence-corrected chi connectivity index (χ1v) is 24.7. The molecule has 8 atom stereocenters. The van der Waals surface area contributed by atoms with Gasteiger partial charge in [0, 0.05) is 6.42 Å². The van der Waals surface area contributed by atoms with Gasteiger partial charge < -0.3 is 40.3 Å². The number of rotatable bonds is 41. The van der Waals surface area contributed by atoms with Crippen molar-refractivity contribution in [2.75, 3.05) is 6.61 Å². The highest BCUT2D eigenvalue weighted by atomic mass is 16.7. The molecule has 0 aromatic heterocycles. The van der Waals surface area contributed by atoms with Crippen LogP contribution in [0.25, 0.3) is 0 Å². The number of unbranched alkanes of at least 4 members (excludes halogenated alkanes) is 31. The number of nitrogens with one attached hydrogen (secondary N) is 1. The first-order valence-electron chi connectivity index (χ1n) is 24.7. The third-order valence-corrected chi connectivity index (χ3v) is 12.3. The Labute approximate surface area is 351 Å². The van der Waals surface area contributed by atoms with Gasteiger partial charge in [0.25, 0.3) is 0 Å². The number of carbonyl (C=O) groups is 1. The Balaban J connectivity index is 2.26. The largest absolute Gasteiger partial charge is 0.390 e. The van der Waals surface area contributed by atoms with Crippen LogP contribution in [-0.2, 0) is 14.3 Å². The lowest BCUT2D eigenvalue weighted by Crippen LogP contribution is -2.58. The van der Waals surface area contributed by atoms with E-state index in [4.69, 9.17) is 9.47 Å². The Bertz CT molecular complexity index is 879. The Hall–Kier alpha value is -0.810. The van der Waals surface area contributed by atoms with Crippen LogP contribution in [0.3, 0.4) is 0 Å². The molecule has 0 aromatic carbocycles. The molecule has 57 heavy (non-hydrogen) atoms. The molecule has 1 saturated heterocycles. The monoisotopic (exact) mass is 814 g/mol. The summed E-state index contributed by atoms with van der Waals surface area (Å²) in [5.74, 6) is -0.216. The van der Waals surface area contributed by atoms with Crippen LogP contribution in [0, 0.1) is 0 Å². The van der Waals surface area contributed by atoms with E-state index in [2.05, 4.69) is 19.2 Å². The normalized spacial score (nSPS) is 21.4. The zero-order valence-electron chi connectivity index (χ0n) is 37.5. The number of amides is 1. The summed E-state index contributed by atoms with van der Waals surface area (Å²) in [6.45, 7) is 5.88. The van der Waals surface area contributed by atoms with Crippen molar-refractivity contribution in [3.63, 3.8) is 0 Å². The third-order valence-electron chi connectivity index (χ3n) is 12.3. The summed E-state index contributed by atoms with van der Waals surface area (Å²) in [6.07, 6.45) is 34.2. The van der Waals surface area contributed by atoms with Crippen molar-refractivity contribution in [2.45, 2.75) is 294 Å². The first-order chi connectivity index (χ1) is 27.7. The predicted molar refractivity (Wildman–Crippen MR) is 235 cm³/mol. The van der Waals surface area contributed by atoms with E-state index >= 15 is 0 Å². The van der Waals surface area contributed by atoms with Crippen LogP contribution in [0.1, 0.15) is 245 Å². The van der Waals surface area contributed by atoms with Crippen molar-refractivity contribution < 1.29 is 39.8 Å². The summed E-state index contributed by atoms with van der Waals surface area (Å²) < 4.78 is 11.3. The summed E-state index contributed by atoms with van der Waals surface area (Å²) in [5, 5.41) is 55.6. The second kappa shape index (κ2) is 38.1. The average molecular weight is 814 g/mol. The zero-order valence-corrected chi connectivity index (χ0v) is 37.5. The van der Waals surface area contributed by atoms with Gasteiger partial charge >= 0.3 is 0 Å². The second-order valence-corrected chi connectivity index (χ2v) is 17.7. The highest BCUT2D eigenvalue weighted by Gasteiger charge is 2.43. The molecule has 1 aliphatic rings. The Kier molecular flexibility index (Phi) is 36.3. The molecule has 0 aromatic rings. The van der Waals surface area contributed by atoms with E-state index in [0.29, 0.717) is 12.8 Å². The molecule has 6 N–H and O–H groups in total. The maximum atomic E-state index is 13.0. The molecule has 0 aliphatic carbocycles. The fourth-order valence-corrected chi connectivity index (χ4v) is 8.21. The maximum absolute atomic E-state index is 13.0. The van der Waals surface area contributed by atoms with E-state index in [1.54, 1.807) is 6.92 Å². The Morgan fingerprint density at radius 3 is 1.26 bits per heavy atom. The zero-order chi connectivity index (χ0) is 41.8. The second-order valence-electron chi connectivity index (χ2n) is 17.7. The van der Waals surface area contributed by atoms with E-state index in [-0.39, 0.29) is 12.5 Å². The number of aliphatic hydroxyl groups is 5. The van der Waals surface area contributed by atoms with E-state index in [1.807, 2.05) is 0 Å². The van der Waals surface area contributed by atoms with Gasteiger partial charge in [-0.05, 0) is 19.8 Å². The molecule has 0 spiro atoms. The fourth-order valence-electron chi connectivity index (χ4n) is 8.21. The van der Waals surface area contributed by atoms with Crippen LogP contribution in [0.15, 0.2) is 0 Å². The fraction of sp³-hybridized carbons (Fsp3) is 0.979. The number of carbonyl (C=O) groups excluding carboxylic acids is 1. The lowest BCUT2D eigenvalue weighted by Gasteiger charge is -2.39. The molecular weight excluding hydrogens is 719 g/mol. The van der Waals surface area contributed by atoms with Gasteiger partial charge in [0.2, 0.25) is 5.91 Å². The van der Waals surface area contributed by atoms with Gasteiger partial charge in [-0.2, -0.15) is 0 Å². The summed E-state index contributed by atoms with van der Waals surface area (Å²) in [6, 6.07) is -0.921. The first kappa shape index (κ1) is 54.2. The number of ether oxygens (including phenoxy) is 2. The van der Waals surface area contributed by atoms with Crippen molar-refractivity contribution in [3.05, 3.63) is 0 Å². The van der Waals surface area contributed by atoms with Crippen molar-refractivity contribution in [3.8, 4) is 0 Å². The standard InChI is InChI=1S/C48H95NO8/c1-4-6-8-10-12-14-16-18-19-20-21-22-23-24-25-26-28-30-32-34-36-38-43(51)49-41(39-56-48-47(55)46(54)44(52)40(3)57-48)45(53)42(50)37-35-33-31-29-27-17-15-13-11-9-7-5-2/h40-42,44-48,50,52-55H,4-39H2,1-3H3,(H,49,51)/t40?,41-,42+,44+,45-,46?,47?,48+/m0/s1. The molecule has 1 fully saturated rings. The minimum absolute atomic E-state index is 0.216. The number of hydrogen-bond donors (Lipinski definition) is 6. The molecular formula is C48H95NO8. The molecule has 1 aliphatic heterocycles. The maximum Gasteiger partial charge on any atom is 0.220 e. The molecule has 9 heteroatoms. The third kappa shape index (κ3) is 29.1. The van der Waals surface area contributed by atoms with Gasteiger partial charge in [-0.25, -0.2) is 0 Å². The number of aliphatic hydroxyl groups excluding tert-OH is 5. The van der Waals surface area contributed by atoms with Crippen LogP contribution in [0.4, 0.5) is 0 Å². The molecule has 1 heterocycles. The molecule has 1 amide bonds. The molecule has 9 nitrogen and oxygen atoms in total. The van der Waals surface area contributed by atoms with Crippen molar-refractivity contribution >= 4 is 5.91 Å². The quantitative estimate of drug-likeness (QED) is 0.0334. The van der Waals surface area contributed by atoms with E-state index in [1.165, 1.54) is 173 Å². The Morgan fingerprint density at radius 2 is 0.877 bits per heavy atom. The van der Waals surface area contributed by atoms with Gasteiger partial charge in [0.1, 0.15) is 24.4 Å². The molecule has 0 radical (unpaired) electrons. The van der Waals surface area contributed by atoms with Crippen LogP contribution >= 0.6 is 0 Å². The highest BCUT2D eigenvalue weighted by Crippen LogP contribution is 2.23. The summed E-state index contributed by atoms with van der Waals surface area (Å²) >= 11 is 0. The molecule has 0 bridgehead atoms. The lowest BCUT2D eigenvalue weighted by atomic mass is 9.98. The van der Waals surface area contributed by atoms with E-state index in [0.717, 1.165) is 38.5 Å². The van der Waals surface area contributed by atoms with Gasteiger partial charge in [-0.1, -0.05) is 219 Å². The summed E-state index contributed by atoms with van der Waals surface area (Å²) in [4.78, 5) is 13.0. The van der Waals surface area contributed by atoms with Crippen LogP contribution in [0.2, 0.25) is 0 Å². The van der Waals surface area contributed by atoms with E-state index < -0.39 is 49.0 Å². The summed E-state index contributed by atoms with van der Waals surface area (Å²) in [5.41, 5.74) is 0. The van der Waals surface area contributed by atoms with E-state index in [9.17, 15) is 30.3 Å². The molecule has 0 saturated carbocycles. The molecule has 340 valence electrons. The average Bonchev–Trinajstić information content (AvgIpc) is 3.20. The topological polar surface area (TPSA) is 149 Å². The SMILES string of the molecule is CCCCCCCCCCCCCCCCCCCCCCCC(=O)N[C@@H](CO[C@@H]1OC(C)[C@@H](O)C(O)C1O)[C@H](O)[C@H](O)CCCCCCCCCCCCCC. The van der Waals surface area contributed by atoms with Crippen LogP contribution < -0.4 is 5.32 Å². The summed E-state index contributed by atoms with van der Waals surface area (Å²) in [7, 11) is 0. The lowest BCUT2D eigenvalue weighted by molar-refractivity contribution is -0.295. The number of hydrogen-bond acceptors (Lipinski definition) is 8. The van der Waals surface area contributed by atoms with Gasteiger partial charge in [-0.3, -0.25) is 4.79 Å². The van der Waals surface area contributed by atoms with Gasteiger partial charge in [-0.15, -0.1) is 0 Å². The predicted octanol–water partition coefficient (Wildman–Crippen LogP) is 10.7. The van der Waals surface area contributed by atoms with Crippen LogP contribution in [-0.4, -0.2) is 87.0 Å². The highest BCUT2D eigenvalue weighted by molar-refractivity contribution is 5.76. The van der Waals surface area contributed by atoms with Gasteiger partial charge in [0.05, 0.1) is 24.9 Å². The van der Waals surface area contributed by atoms with Crippen molar-refractivity contribution in [1.29, 1.82) is 0 Å². The van der Waals surface area contributed by atoms with Gasteiger partial charge in [0.15, 0.2) is 6.29 Å². The smallest absolute Gasteiger partial charge is 0.220 e. The van der Waals surface area contributed by atoms with Crippen LogP contribution in [0.5, 0.6) is 0 Å². The Morgan fingerprint density at radius 1 is 0.526 bits per heavy atom. The minimum atomic E-state index is -1.49. The van der Waals surface area contributed by atoms with Crippen molar-refractivity contribution in [2.24, 2.45) is 0 Å². The van der Waals surface area contributed by atoms with Crippen molar-refractivity contribution in [1.82, 2.24) is 5.32 Å². The minimum Gasteiger partial charge on any atom is -0.390 e. The molecule has 1 rings (SSSR count). The molecule has 3 unspecified atom stereocenters.